The summed E-state index contributed by atoms with van der Waals surface area (Å²) < 4.78 is 2.25. The lowest BCUT2D eigenvalue weighted by Gasteiger charge is -2.03. The molecule has 0 aromatic carbocycles. The first kappa shape index (κ1) is 12.7. The van der Waals surface area contributed by atoms with Crippen LogP contribution in [-0.2, 0) is 6.42 Å². The number of halogens is 1. The van der Waals surface area contributed by atoms with E-state index >= 15 is 0 Å². The van der Waals surface area contributed by atoms with E-state index in [9.17, 15) is 4.79 Å². The summed E-state index contributed by atoms with van der Waals surface area (Å²) in [4.78, 5) is 20.0. The number of aromatic nitrogens is 4. The van der Waals surface area contributed by atoms with Crippen LogP contribution in [0.4, 0.5) is 0 Å². The first-order valence-electron chi connectivity index (χ1n) is 5.45. The average molecular weight is 310 g/mol. The third-order valence-corrected chi connectivity index (χ3v) is 2.73. The Morgan fingerprint density at radius 2 is 2.28 bits per heavy atom. The number of nitrogens with one attached hydrogen (secondary N) is 1. The highest BCUT2D eigenvalue weighted by molar-refractivity contribution is 9.10. The molecule has 0 radical (unpaired) electrons. The van der Waals surface area contributed by atoms with Crippen molar-refractivity contribution in [2.24, 2.45) is 0 Å². The summed E-state index contributed by atoms with van der Waals surface area (Å²) in [5.41, 5.74) is 0.352. The quantitative estimate of drug-likeness (QED) is 0.869. The van der Waals surface area contributed by atoms with Gasteiger partial charge >= 0.3 is 0 Å². The van der Waals surface area contributed by atoms with E-state index in [0.717, 1.165) is 12.2 Å². The molecule has 1 amide bonds. The fraction of sp³-hybridized carbons (Fsp3) is 0.273. The minimum absolute atomic E-state index is 0.224. The van der Waals surface area contributed by atoms with Crippen molar-refractivity contribution in [1.82, 2.24) is 25.1 Å². The Morgan fingerprint density at radius 3 is 2.94 bits per heavy atom. The minimum Gasteiger partial charge on any atom is -0.354 e. The van der Waals surface area contributed by atoms with Gasteiger partial charge in [-0.2, -0.15) is 5.10 Å². The van der Waals surface area contributed by atoms with E-state index in [-0.39, 0.29) is 5.91 Å². The van der Waals surface area contributed by atoms with E-state index < -0.39 is 0 Å². The molecule has 18 heavy (non-hydrogen) atoms. The van der Waals surface area contributed by atoms with Crippen molar-refractivity contribution in [3.05, 3.63) is 34.5 Å². The highest BCUT2D eigenvalue weighted by Gasteiger charge is 2.10. The molecule has 0 saturated carbocycles. The van der Waals surface area contributed by atoms with Gasteiger partial charge in [0.1, 0.15) is 10.4 Å². The number of carbonyl (C=O) groups is 1. The zero-order chi connectivity index (χ0) is 13.1. The van der Waals surface area contributed by atoms with Gasteiger partial charge in [-0.25, -0.2) is 14.6 Å². The van der Waals surface area contributed by atoms with Gasteiger partial charge in [0.15, 0.2) is 11.5 Å². The predicted molar refractivity (Wildman–Crippen MR) is 69.6 cm³/mol. The standard InChI is InChI=1S/C11H12BrN5O/c1-3-9-14-8(12)6-10(15-9)17-5-4-7(16-17)11(18)13-2/h4-6H,3H2,1-2H3,(H,13,18). The second kappa shape index (κ2) is 5.26. The summed E-state index contributed by atoms with van der Waals surface area (Å²) in [6.07, 6.45) is 2.43. The molecule has 1 N–H and O–H groups in total. The predicted octanol–water partition coefficient (Wildman–Crippen LogP) is 1.35. The molecular formula is C11H12BrN5O. The summed E-state index contributed by atoms with van der Waals surface area (Å²) in [7, 11) is 1.57. The first-order chi connectivity index (χ1) is 8.63. The van der Waals surface area contributed by atoms with Crippen LogP contribution in [0.5, 0.6) is 0 Å². The van der Waals surface area contributed by atoms with Gasteiger partial charge in [-0.05, 0) is 22.0 Å². The van der Waals surface area contributed by atoms with Gasteiger partial charge < -0.3 is 5.32 Å². The third kappa shape index (κ3) is 2.56. The molecule has 94 valence electrons. The zero-order valence-corrected chi connectivity index (χ0v) is 11.6. The van der Waals surface area contributed by atoms with Crippen molar-refractivity contribution in [2.75, 3.05) is 7.05 Å². The lowest BCUT2D eigenvalue weighted by molar-refractivity contribution is 0.0957. The van der Waals surface area contributed by atoms with Crippen LogP contribution in [0.3, 0.4) is 0 Å². The topological polar surface area (TPSA) is 72.7 Å². The summed E-state index contributed by atoms with van der Waals surface area (Å²) in [6, 6.07) is 3.39. The van der Waals surface area contributed by atoms with Gasteiger partial charge in [0.25, 0.3) is 5.91 Å². The SMILES string of the molecule is CCc1nc(Br)cc(-n2ccc(C(=O)NC)n2)n1. The van der Waals surface area contributed by atoms with Crippen molar-refractivity contribution in [3.8, 4) is 5.82 Å². The lowest BCUT2D eigenvalue weighted by atomic mass is 10.4. The van der Waals surface area contributed by atoms with Crippen LogP contribution < -0.4 is 5.32 Å². The maximum Gasteiger partial charge on any atom is 0.271 e. The van der Waals surface area contributed by atoms with Crippen molar-refractivity contribution in [1.29, 1.82) is 0 Å². The van der Waals surface area contributed by atoms with E-state index in [0.29, 0.717) is 16.1 Å². The van der Waals surface area contributed by atoms with Gasteiger partial charge in [0.05, 0.1) is 0 Å². The molecule has 0 unspecified atom stereocenters. The van der Waals surface area contributed by atoms with Crippen LogP contribution in [0.1, 0.15) is 23.2 Å². The van der Waals surface area contributed by atoms with Gasteiger partial charge in [-0.3, -0.25) is 4.79 Å². The van der Waals surface area contributed by atoms with E-state index in [1.807, 2.05) is 6.92 Å². The second-order valence-electron chi connectivity index (χ2n) is 3.54. The molecule has 2 aromatic rings. The number of hydrogen-bond acceptors (Lipinski definition) is 4. The molecule has 0 aliphatic carbocycles. The van der Waals surface area contributed by atoms with Crippen LogP contribution in [0, 0.1) is 0 Å². The Kier molecular flexibility index (Phi) is 3.71. The number of aryl methyl sites for hydroxylation is 1. The van der Waals surface area contributed by atoms with E-state index in [2.05, 4.69) is 36.3 Å². The van der Waals surface area contributed by atoms with Crippen LogP contribution in [0.15, 0.2) is 22.9 Å². The minimum atomic E-state index is -0.224. The monoisotopic (exact) mass is 309 g/mol. The lowest BCUT2D eigenvalue weighted by Crippen LogP contribution is -2.18. The summed E-state index contributed by atoms with van der Waals surface area (Å²) in [5.74, 6) is 1.12. The maximum atomic E-state index is 11.4. The van der Waals surface area contributed by atoms with E-state index in [4.69, 9.17) is 0 Å². The maximum absolute atomic E-state index is 11.4. The molecule has 2 rings (SSSR count). The molecular weight excluding hydrogens is 298 g/mol. The Labute approximate surface area is 113 Å². The van der Waals surface area contributed by atoms with Gasteiger partial charge in [0, 0.05) is 25.7 Å². The second-order valence-corrected chi connectivity index (χ2v) is 4.36. The number of nitrogens with zero attached hydrogens (tertiary/aromatic N) is 4. The highest BCUT2D eigenvalue weighted by atomic mass is 79.9. The fourth-order valence-corrected chi connectivity index (χ4v) is 1.84. The van der Waals surface area contributed by atoms with Crippen molar-refractivity contribution < 1.29 is 4.79 Å². The third-order valence-electron chi connectivity index (χ3n) is 2.33. The molecule has 0 atom stereocenters. The summed E-state index contributed by atoms with van der Waals surface area (Å²) >= 11 is 3.33. The van der Waals surface area contributed by atoms with Crippen LogP contribution in [0.25, 0.3) is 5.82 Å². The first-order valence-corrected chi connectivity index (χ1v) is 6.25. The smallest absolute Gasteiger partial charge is 0.271 e. The Morgan fingerprint density at radius 1 is 1.50 bits per heavy atom. The Bertz CT molecular complexity index is 581. The molecule has 0 spiro atoms. The van der Waals surface area contributed by atoms with E-state index in [1.165, 1.54) is 0 Å². The summed E-state index contributed by atoms with van der Waals surface area (Å²) in [5, 5.41) is 6.68. The molecule has 0 aliphatic rings. The Balaban J connectivity index is 2.39. The Hall–Kier alpha value is -1.76. The van der Waals surface area contributed by atoms with E-state index in [1.54, 1.807) is 30.1 Å². The molecule has 0 saturated heterocycles. The molecule has 2 aromatic heterocycles. The fourth-order valence-electron chi connectivity index (χ4n) is 1.43. The normalized spacial score (nSPS) is 10.4. The molecule has 0 fully saturated rings. The van der Waals surface area contributed by atoms with Gasteiger partial charge in [-0.15, -0.1) is 0 Å². The number of amides is 1. The highest BCUT2D eigenvalue weighted by Crippen LogP contribution is 2.12. The molecule has 2 heterocycles. The van der Waals surface area contributed by atoms with Gasteiger partial charge in [0.2, 0.25) is 0 Å². The largest absolute Gasteiger partial charge is 0.354 e. The van der Waals surface area contributed by atoms with Crippen LogP contribution in [-0.4, -0.2) is 32.7 Å². The number of hydrogen-bond donors (Lipinski definition) is 1. The molecule has 7 heteroatoms. The molecule has 6 nitrogen and oxygen atoms in total. The summed E-state index contributed by atoms with van der Waals surface area (Å²) in [6.45, 7) is 1.98. The number of rotatable bonds is 3. The van der Waals surface area contributed by atoms with Crippen molar-refractivity contribution >= 4 is 21.8 Å². The van der Waals surface area contributed by atoms with Crippen molar-refractivity contribution in [2.45, 2.75) is 13.3 Å². The van der Waals surface area contributed by atoms with Crippen molar-refractivity contribution in [3.63, 3.8) is 0 Å². The van der Waals surface area contributed by atoms with Crippen LogP contribution in [0.2, 0.25) is 0 Å². The average Bonchev–Trinajstić information content (AvgIpc) is 2.86. The van der Waals surface area contributed by atoms with Gasteiger partial charge in [-0.1, -0.05) is 6.92 Å². The number of carbonyl (C=O) groups excluding carboxylic acids is 1. The zero-order valence-electron chi connectivity index (χ0n) is 10.0. The molecule has 0 aliphatic heterocycles. The molecule has 0 bridgehead atoms. The van der Waals surface area contributed by atoms with Crippen LogP contribution >= 0.6 is 15.9 Å².